The minimum Gasteiger partial charge on any atom is -0.397 e. The molecule has 0 saturated carbocycles. The van der Waals surface area contributed by atoms with Gasteiger partial charge >= 0.3 is 0 Å². The van der Waals surface area contributed by atoms with E-state index < -0.39 is 0 Å². The Morgan fingerprint density at radius 2 is 1.82 bits per heavy atom. The second-order valence-electron chi connectivity index (χ2n) is 3.59. The maximum atomic E-state index is 13.1. The van der Waals surface area contributed by atoms with Crippen molar-refractivity contribution >= 4 is 28.8 Å². The van der Waals surface area contributed by atoms with Gasteiger partial charge in [0.1, 0.15) is 5.82 Å². The molecule has 0 aliphatic carbocycles. The average molecular weight is 248 g/mol. The predicted molar refractivity (Wildman–Crippen MR) is 72.3 cm³/mol. The lowest BCUT2D eigenvalue weighted by Crippen LogP contribution is -1.96. The molecule has 3 N–H and O–H groups in total. The minimum absolute atomic E-state index is 0.303. The summed E-state index contributed by atoms with van der Waals surface area (Å²) in [4.78, 5) is 1.18. The van der Waals surface area contributed by atoms with Gasteiger partial charge in [-0.05, 0) is 48.7 Å². The fraction of sp³-hybridized carbons (Fsp3) is 0.0769. The molecule has 0 heterocycles. The lowest BCUT2D eigenvalue weighted by Gasteiger charge is -2.09. The molecule has 0 amide bonds. The fourth-order valence-electron chi connectivity index (χ4n) is 1.47. The highest BCUT2D eigenvalue weighted by molar-refractivity contribution is 7.98. The van der Waals surface area contributed by atoms with Crippen LogP contribution in [0.5, 0.6) is 0 Å². The molecule has 0 aliphatic heterocycles. The number of thioether (sulfide) groups is 1. The van der Waals surface area contributed by atoms with Gasteiger partial charge in [-0.25, -0.2) is 4.39 Å². The van der Waals surface area contributed by atoms with Crippen LogP contribution in [0.2, 0.25) is 0 Å². The molecule has 2 aromatic rings. The molecular weight excluding hydrogens is 235 g/mol. The zero-order chi connectivity index (χ0) is 12.3. The van der Waals surface area contributed by atoms with Gasteiger partial charge in [0, 0.05) is 10.6 Å². The molecule has 0 unspecified atom stereocenters. The number of rotatable bonds is 3. The first-order chi connectivity index (χ1) is 8.19. The first kappa shape index (κ1) is 11.8. The van der Waals surface area contributed by atoms with Gasteiger partial charge in [-0.1, -0.05) is 0 Å². The summed E-state index contributed by atoms with van der Waals surface area (Å²) in [5, 5.41) is 3.09. The van der Waals surface area contributed by atoms with Crippen LogP contribution in [0.3, 0.4) is 0 Å². The molecule has 0 spiro atoms. The van der Waals surface area contributed by atoms with Crippen molar-refractivity contribution < 1.29 is 4.39 Å². The summed E-state index contributed by atoms with van der Waals surface area (Å²) in [6.07, 6.45) is 2.02. The third-order valence-corrected chi connectivity index (χ3v) is 3.13. The third kappa shape index (κ3) is 2.91. The molecule has 0 atom stereocenters. The molecule has 88 valence electrons. The Morgan fingerprint density at radius 1 is 1.12 bits per heavy atom. The van der Waals surface area contributed by atoms with Gasteiger partial charge in [0.05, 0.1) is 11.4 Å². The van der Waals surface area contributed by atoms with E-state index in [1.807, 2.05) is 30.5 Å². The average Bonchev–Trinajstić information content (AvgIpc) is 2.35. The van der Waals surface area contributed by atoms with Crippen molar-refractivity contribution in [2.24, 2.45) is 0 Å². The molecule has 2 nitrogen and oxygen atoms in total. The van der Waals surface area contributed by atoms with Crippen molar-refractivity contribution in [1.82, 2.24) is 0 Å². The van der Waals surface area contributed by atoms with Crippen molar-refractivity contribution in [3.8, 4) is 0 Å². The van der Waals surface area contributed by atoms with Gasteiger partial charge < -0.3 is 11.1 Å². The zero-order valence-electron chi connectivity index (χ0n) is 9.41. The molecular formula is C13H13FN2S. The van der Waals surface area contributed by atoms with Crippen molar-refractivity contribution in [3.63, 3.8) is 0 Å². The van der Waals surface area contributed by atoms with Crippen LogP contribution in [0.15, 0.2) is 47.4 Å². The van der Waals surface area contributed by atoms with E-state index >= 15 is 0 Å². The molecule has 0 aliphatic rings. The highest BCUT2D eigenvalue weighted by atomic mass is 32.2. The number of hydrogen-bond acceptors (Lipinski definition) is 3. The van der Waals surface area contributed by atoms with Gasteiger partial charge in [-0.15, -0.1) is 11.8 Å². The van der Waals surface area contributed by atoms with Crippen LogP contribution in [0.4, 0.5) is 21.5 Å². The topological polar surface area (TPSA) is 38.0 Å². The summed E-state index contributed by atoms with van der Waals surface area (Å²) in [6.45, 7) is 0. The van der Waals surface area contributed by atoms with Gasteiger partial charge in [0.15, 0.2) is 0 Å². The summed E-state index contributed by atoms with van der Waals surface area (Å²) >= 11 is 1.68. The van der Waals surface area contributed by atoms with E-state index in [9.17, 15) is 4.39 Å². The largest absolute Gasteiger partial charge is 0.397 e. The molecule has 0 radical (unpaired) electrons. The van der Waals surface area contributed by atoms with Gasteiger partial charge in [-0.3, -0.25) is 0 Å². The molecule has 17 heavy (non-hydrogen) atoms. The Labute approximate surface area is 104 Å². The molecule has 4 heteroatoms. The van der Waals surface area contributed by atoms with E-state index in [4.69, 9.17) is 5.73 Å². The van der Waals surface area contributed by atoms with Crippen molar-refractivity contribution in [2.75, 3.05) is 17.3 Å². The summed E-state index contributed by atoms with van der Waals surface area (Å²) < 4.78 is 13.1. The number of nitrogens with one attached hydrogen (secondary N) is 1. The Bertz CT molecular complexity index is 511. The number of nitrogen functional groups attached to an aromatic ring is 1. The van der Waals surface area contributed by atoms with E-state index in [0.717, 1.165) is 5.69 Å². The lowest BCUT2D eigenvalue weighted by molar-refractivity contribution is 0.628. The van der Waals surface area contributed by atoms with Gasteiger partial charge in [-0.2, -0.15) is 0 Å². The number of hydrogen-bond donors (Lipinski definition) is 2. The molecule has 2 rings (SSSR count). The van der Waals surface area contributed by atoms with E-state index in [1.165, 1.54) is 17.0 Å². The van der Waals surface area contributed by atoms with E-state index in [0.29, 0.717) is 11.4 Å². The second kappa shape index (κ2) is 5.10. The van der Waals surface area contributed by atoms with Crippen LogP contribution in [0.25, 0.3) is 0 Å². The molecule has 2 aromatic carbocycles. The Kier molecular flexibility index (Phi) is 3.54. The van der Waals surface area contributed by atoms with E-state index in [2.05, 4.69) is 5.32 Å². The van der Waals surface area contributed by atoms with E-state index in [1.54, 1.807) is 17.8 Å². The highest BCUT2D eigenvalue weighted by Gasteiger charge is 2.01. The number of nitrogens with two attached hydrogens (primary N) is 1. The number of anilines is 3. The monoisotopic (exact) mass is 248 g/mol. The fourth-order valence-corrected chi connectivity index (χ4v) is 1.87. The standard InChI is InChI=1S/C13H13FN2S/c1-17-11-5-3-10(4-6-11)16-13-8-9(14)2-7-12(13)15/h2-8,16H,15H2,1H3. The summed E-state index contributed by atoms with van der Waals surface area (Å²) in [5.41, 5.74) is 7.76. The molecule has 0 aromatic heterocycles. The third-order valence-electron chi connectivity index (χ3n) is 2.38. The van der Waals surface area contributed by atoms with E-state index in [-0.39, 0.29) is 5.82 Å². The summed E-state index contributed by atoms with van der Waals surface area (Å²) in [6, 6.07) is 12.2. The van der Waals surface area contributed by atoms with Crippen molar-refractivity contribution in [1.29, 1.82) is 0 Å². The molecule has 0 saturated heterocycles. The molecule has 0 bridgehead atoms. The first-order valence-electron chi connectivity index (χ1n) is 5.15. The smallest absolute Gasteiger partial charge is 0.125 e. The quantitative estimate of drug-likeness (QED) is 0.639. The SMILES string of the molecule is CSc1ccc(Nc2cc(F)ccc2N)cc1. The van der Waals surface area contributed by atoms with Crippen LogP contribution in [-0.4, -0.2) is 6.26 Å². The normalized spacial score (nSPS) is 10.2. The van der Waals surface area contributed by atoms with Crippen LogP contribution >= 0.6 is 11.8 Å². The Hall–Kier alpha value is -1.68. The van der Waals surface area contributed by atoms with Crippen LogP contribution in [0, 0.1) is 5.82 Å². The van der Waals surface area contributed by atoms with Crippen LogP contribution in [0.1, 0.15) is 0 Å². The maximum absolute atomic E-state index is 13.1. The van der Waals surface area contributed by atoms with Crippen LogP contribution in [-0.2, 0) is 0 Å². The first-order valence-corrected chi connectivity index (χ1v) is 6.37. The van der Waals surface area contributed by atoms with Crippen molar-refractivity contribution in [2.45, 2.75) is 4.90 Å². The lowest BCUT2D eigenvalue weighted by atomic mass is 10.2. The Balaban J connectivity index is 2.22. The highest BCUT2D eigenvalue weighted by Crippen LogP contribution is 2.25. The zero-order valence-corrected chi connectivity index (χ0v) is 10.2. The second-order valence-corrected chi connectivity index (χ2v) is 4.46. The maximum Gasteiger partial charge on any atom is 0.125 e. The van der Waals surface area contributed by atoms with Crippen LogP contribution < -0.4 is 11.1 Å². The summed E-state index contributed by atoms with van der Waals surface area (Å²) in [5.74, 6) is -0.303. The number of halogens is 1. The van der Waals surface area contributed by atoms with Gasteiger partial charge in [0.25, 0.3) is 0 Å². The Morgan fingerprint density at radius 3 is 2.47 bits per heavy atom. The molecule has 0 fully saturated rings. The van der Waals surface area contributed by atoms with Gasteiger partial charge in [0.2, 0.25) is 0 Å². The predicted octanol–water partition coefficient (Wildman–Crippen LogP) is 3.87. The minimum atomic E-state index is -0.303. The number of benzene rings is 2. The van der Waals surface area contributed by atoms with Crippen molar-refractivity contribution in [3.05, 3.63) is 48.3 Å². The summed E-state index contributed by atoms with van der Waals surface area (Å²) in [7, 11) is 0.